The number of aromatic amines is 1. The molecule has 0 saturated carbocycles. The number of rotatable bonds is 7. The molecule has 208 valence electrons. The summed E-state index contributed by atoms with van der Waals surface area (Å²) in [4.78, 5) is 34.0. The number of fused-ring (bicyclic) bond motifs is 2. The lowest BCUT2D eigenvalue weighted by Crippen LogP contribution is -2.46. The van der Waals surface area contributed by atoms with Gasteiger partial charge in [-0.2, -0.15) is 0 Å². The first-order valence-electron chi connectivity index (χ1n) is 14.1. The normalized spacial score (nSPS) is 19.0. The molecule has 6 rings (SSSR count). The van der Waals surface area contributed by atoms with Gasteiger partial charge >= 0.3 is 0 Å². The Morgan fingerprint density at radius 2 is 1.75 bits per heavy atom. The average Bonchev–Trinajstić information content (AvgIpc) is 3.46. The molecule has 3 N–H and O–H groups in total. The van der Waals surface area contributed by atoms with Crippen molar-refractivity contribution in [2.24, 2.45) is 0 Å². The summed E-state index contributed by atoms with van der Waals surface area (Å²) in [5.41, 5.74) is 7.34. The van der Waals surface area contributed by atoms with Crippen molar-refractivity contribution in [3.63, 3.8) is 0 Å². The van der Waals surface area contributed by atoms with Crippen LogP contribution in [0.1, 0.15) is 52.1 Å². The summed E-state index contributed by atoms with van der Waals surface area (Å²) >= 11 is 0. The van der Waals surface area contributed by atoms with Gasteiger partial charge in [-0.1, -0.05) is 24.6 Å². The topological polar surface area (TPSA) is 97.9 Å². The molecule has 0 radical (unpaired) electrons. The van der Waals surface area contributed by atoms with Gasteiger partial charge in [0.2, 0.25) is 0 Å². The van der Waals surface area contributed by atoms with E-state index in [0.29, 0.717) is 37.2 Å². The first kappa shape index (κ1) is 26.3. The highest BCUT2D eigenvalue weighted by Crippen LogP contribution is 2.37. The molecule has 1 fully saturated rings. The number of nitrogens with zero attached hydrogens (tertiary/aromatic N) is 2. The number of aliphatic hydroxyl groups is 1. The van der Waals surface area contributed by atoms with Crippen molar-refractivity contribution in [2.45, 2.75) is 38.7 Å². The number of β-amino-alcohol motifs (C(OH)–C–C–N with tert-alkyl or cyclic N) is 1. The Morgan fingerprint density at radius 3 is 2.50 bits per heavy atom. The van der Waals surface area contributed by atoms with Gasteiger partial charge in [0.25, 0.3) is 11.8 Å². The third-order valence-corrected chi connectivity index (χ3v) is 8.36. The van der Waals surface area contributed by atoms with Crippen LogP contribution >= 0.6 is 0 Å². The van der Waals surface area contributed by atoms with Crippen LogP contribution in [0.3, 0.4) is 0 Å². The van der Waals surface area contributed by atoms with Crippen LogP contribution in [0.5, 0.6) is 5.75 Å². The van der Waals surface area contributed by atoms with E-state index in [9.17, 15) is 14.7 Å². The Labute approximate surface area is 234 Å². The third kappa shape index (κ3) is 5.05. The molecule has 1 unspecified atom stereocenters. The average molecular weight is 541 g/mol. The Kier molecular flexibility index (Phi) is 7.21. The molecule has 3 aromatic rings. The fourth-order valence-corrected chi connectivity index (χ4v) is 6.17. The molecule has 40 heavy (non-hydrogen) atoms. The smallest absolute Gasteiger partial charge is 0.256 e. The molecule has 1 saturated heterocycles. The number of methoxy groups -OCH3 is 1. The second-order valence-corrected chi connectivity index (χ2v) is 11.0. The van der Waals surface area contributed by atoms with Gasteiger partial charge in [0.15, 0.2) is 0 Å². The summed E-state index contributed by atoms with van der Waals surface area (Å²) in [6.07, 6.45) is 5.57. The van der Waals surface area contributed by atoms with Crippen LogP contribution in [0.2, 0.25) is 0 Å². The molecule has 3 aliphatic rings. The number of carbonyl (C=O) groups excluding carboxylic acids is 2. The molecule has 0 spiro atoms. The van der Waals surface area contributed by atoms with Crippen molar-refractivity contribution in [2.75, 3.05) is 45.2 Å². The van der Waals surface area contributed by atoms with Crippen molar-refractivity contribution < 1.29 is 19.4 Å². The minimum absolute atomic E-state index is 0.0598. The van der Waals surface area contributed by atoms with Crippen LogP contribution in [0, 0.1) is 6.92 Å². The zero-order valence-electron chi connectivity index (χ0n) is 23.1. The summed E-state index contributed by atoms with van der Waals surface area (Å²) in [5, 5.41) is 13.7. The Hall–Kier alpha value is -3.88. The van der Waals surface area contributed by atoms with Gasteiger partial charge in [-0.3, -0.25) is 9.59 Å². The summed E-state index contributed by atoms with van der Waals surface area (Å²) < 4.78 is 5.28. The highest BCUT2D eigenvalue weighted by atomic mass is 16.5. The monoisotopic (exact) mass is 540 g/mol. The van der Waals surface area contributed by atoms with Crippen molar-refractivity contribution in [3.05, 3.63) is 70.5 Å². The molecule has 2 amide bonds. The number of ether oxygens (including phenoxy) is 1. The van der Waals surface area contributed by atoms with Crippen LogP contribution in [-0.4, -0.2) is 77.6 Å². The fourth-order valence-electron chi connectivity index (χ4n) is 6.17. The number of hydrogen-bond donors (Lipinski definition) is 3. The number of amides is 2. The fraction of sp³-hybridized carbons (Fsp3) is 0.375. The number of anilines is 1. The molecular formula is C32H36N4O4. The van der Waals surface area contributed by atoms with Crippen LogP contribution in [0.25, 0.3) is 22.8 Å². The number of aliphatic hydroxyl groups excluding tert-OH is 1. The van der Waals surface area contributed by atoms with Gasteiger partial charge < -0.3 is 29.9 Å². The molecule has 1 aromatic heterocycles. The molecule has 0 aliphatic carbocycles. The third-order valence-electron chi connectivity index (χ3n) is 8.36. The summed E-state index contributed by atoms with van der Waals surface area (Å²) in [5.74, 6) is 0.566. The second-order valence-electron chi connectivity index (χ2n) is 11.0. The van der Waals surface area contributed by atoms with Crippen molar-refractivity contribution in [1.29, 1.82) is 0 Å². The lowest BCUT2D eigenvalue weighted by Gasteiger charge is -2.32. The van der Waals surface area contributed by atoms with Gasteiger partial charge in [0, 0.05) is 48.7 Å². The van der Waals surface area contributed by atoms with Crippen molar-refractivity contribution >= 4 is 29.2 Å². The number of benzene rings is 2. The first-order chi connectivity index (χ1) is 19.4. The molecule has 1 atom stereocenters. The van der Waals surface area contributed by atoms with E-state index < -0.39 is 6.10 Å². The Morgan fingerprint density at radius 1 is 1.00 bits per heavy atom. The SMILES string of the molecule is COc1ccc(-c2ccc3c(c2)/C(=C/c2[nH]c4c(c2C)C(=O)N(CC(O)CN2CCCCC2)CC4)C(=O)N3)cc1. The van der Waals surface area contributed by atoms with E-state index in [1.807, 2.05) is 55.5 Å². The van der Waals surface area contributed by atoms with E-state index in [-0.39, 0.29) is 11.8 Å². The molecule has 8 heteroatoms. The predicted molar refractivity (Wildman–Crippen MR) is 156 cm³/mol. The minimum atomic E-state index is -0.567. The second kappa shape index (κ2) is 10.9. The standard InChI is InChI=1S/C32H36N4O4/c1-20-29(33-28-12-15-36(32(39)30(20)28)19-23(37)18-35-13-4-3-5-14-35)17-26-25-16-22(8-11-27(25)34-31(26)38)21-6-9-24(40-2)10-7-21/h6-11,16-17,23,33,37H,3-5,12-15,18-19H2,1-2H3,(H,34,38)/b26-17-. The minimum Gasteiger partial charge on any atom is -0.497 e. The zero-order valence-corrected chi connectivity index (χ0v) is 23.1. The lowest BCUT2D eigenvalue weighted by molar-refractivity contribution is -0.110. The van der Waals surface area contributed by atoms with E-state index in [1.165, 1.54) is 19.3 Å². The van der Waals surface area contributed by atoms with Crippen molar-refractivity contribution in [1.82, 2.24) is 14.8 Å². The summed E-state index contributed by atoms with van der Waals surface area (Å²) in [6, 6.07) is 13.8. The van der Waals surface area contributed by atoms with Crippen molar-refractivity contribution in [3.8, 4) is 16.9 Å². The molecule has 0 bridgehead atoms. The maximum Gasteiger partial charge on any atom is 0.256 e. The van der Waals surface area contributed by atoms with E-state index in [2.05, 4.69) is 15.2 Å². The van der Waals surface area contributed by atoms with Crippen LogP contribution < -0.4 is 10.1 Å². The number of H-pyrrole nitrogens is 1. The highest BCUT2D eigenvalue weighted by Gasteiger charge is 2.32. The molecule has 2 aromatic carbocycles. The maximum absolute atomic E-state index is 13.5. The van der Waals surface area contributed by atoms with Gasteiger partial charge in [-0.25, -0.2) is 0 Å². The molecule has 3 aliphatic heterocycles. The van der Waals surface area contributed by atoms with Crippen LogP contribution in [0.4, 0.5) is 5.69 Å². The summed E-state index contributed by atoms with van der Waals surface area (Å²) in [7, 11) is 1.64. The number of piperidine rings is 1. The summed E-state index contributed by atoms with van der Waals surface area (Å²) in [6.45, 7) is 5.46. The Balaban J connectivity index is 1.23. The molecular weight excluding hydrogens is 504 g/mol. The first-order valence-corrected chi connectivity index (χ1v) is 14.1. The number of carbonyl (C=O) groups is 2. The lowest BCUT2D eigenvalue weighted by atomic mass is 9.98. The largest absolute Gasteiger partial charge is 0.497 e. The van der Waals surface area contributed by atoms with Crippen LogP contribution in [0.15, 0.2) is 42.5 Å². The number of hydrogen-bond acceptors (Lipinski definition) is 5. The zero-order chi connectivity index (χ0) is 27.8. The number of aromatic nitrogens is 1. The number of nitrogens with one attached hydrogen (secondary N) is 2. The number of likely N-dealkylation sites (tertiary alicyclic amines) is 1. The molecule has 4 heterocycles. The maximum atomic E-state index is 13.5. The molecule has 8 nitrogen and oxygen atoms in total. The van der Waals surface area contributed by atoms with Gasteiger partial charge in [-0.05, 0) is 79.9 Å². The Bertz CT molecular complexity index is 1470. The van der Waals surface area contributed by atoms with Crippen LogP contribution in [-0.2, 0) is 11.2 Å². The quantitative estimate of drug-likeness (QED) is 0.388. The highest BCUT2D eigenvalue weighted by molar-refractivity contribution is 6.35. The van der Waals surface area contributed by atoms with E-state index in [0.717, 1.165) is 58.2 Å². The predicted octanol–water partition coefficient (Wildman–Crippen LogP) is 4.34. The van der Waals surface area contributed by atoms with Gasteiger partial charge in [-0.15, -0.1) is 0 Å². The van der Waals surface area contributed by atoms with E-state index in [1.54, 1.807) is 12.0 Å². The van der Waals surface area contributed by atoms with Gasteiger partial charge in [0.1, 0.15) is 5.75 Å². The van der Waals surface area contributed by atoms with E-state index >= 15 is 0 Å². The van der Waals surface area contributed by atoms with Gasteiger partial charge in [0.05, 0.1) is 24.4 Å². The van der Waals surface area contributed by atoms with E-state index in [4.69, 9.17) is 4.74 Å².